The standard InChI is InChI=1S/C12H13NO2S/c14-12-10-4-7-16-11(10)3-5-13(12)8-9-2-1-6-15-9/h3-5,7,9H,1-2,6,8H2. The molecule has 2 aromatic heterocycles. The van der Waals surface area contributed by atoms with Gasteiger partial charge in [0.05, 0.1) is 18.0 Å². The van der Waals surface area contributed by atoms with Gasteiger partial charge in [-0.1, -0.05) is 0 Å². The zero-order chi connectivity index (χ0) is 11.0. The maximum Gasteiger partial charge on any atom is 0.259 e. The van der Waals surface area contributed by atoms with Crippen molar-refractivity contribution in [3.8, 4) is 0 Å². The first kappa shape index (κ1) is 10.1. The fourth-order valence-electron chi connectivity index (χ4n) is 2.16. The predicted molar refractivity (Wildman–Crippen MR) is 65.1 cm³/mol. The Labute approximate surface area is 97.3 Å². The zero-order valence-electron chi connectivity index (χ0n) is 8.89. The van der Waals surface area contributed by atoms with Crippen LogP contribution in [0.5, 0.6) is 0 Å². The summed E-state index contributed by atoms with van der Waals surface area (Å²) in [5.74, 6) is 0. The van der Waals surface area contributed by atoms with E-state index >= 15 is 0 Å². The predicted octanol–water partition coefficient (Wildman–Crippen LogP) is 2.24. The number of nitrogens with zero attached hydrogens (tertiary/aromatic N) is 1. The second-order valence-electron chi connectivity index (χ2n) is 4.11. The molecule has 0 aromatic carbocycles. The van der Waals surface area contributed by atoms with Gasteiger partial charge in [-0.3, -0.25) is 4.79 Å². The monoisotopic (exact) mass is 235 g/mol. The van der Waals surface area contributed by atoms with Crippen LogP contribution < -0.4 is 5.56 Å². The first-order valence-corrected chi connectivity index (χ1v) is 6.41. The van der Waals surface area contributed by atoms with Crippen LogP contribution in [0.25, 0.3) is 10.1 Å². The van der Waals surface area contributed by atoms with Gasteiger partial charge in [0.25, 0.3) is 5.56 Å². The minimum atomic E-state index is 0.106. The Bertz CT molecular complexity index is 551. The molecule has 16 heavy (non-hydrogen) atoms. The van der Waals surface area contributed by atoms with E-state index in [9.17, 15) is 4.79 Å². The molecule has 0 aliphatic carbocycles. The van der Waals surface area contributed by atoms with Gasteiger partial charge in [0.15, 0.2) is 0 Å². The Hall–Kier alpha value is -1.13. The zero-order valence-corrected chi connectivity index (χ0v) is 9.70. The fourth-order valence-corrected chi connectivity index (χ4v) is 2.93. The quantitative estimate of drug-likeness (QED) is 0.799. The molecule has 1 fully saturated rings. The highest BCUT2D eigenvalue weighted by atomic mass is 32.1. The Morgan fingerprint density at radius 2 is 2.44 bits per heavy atom. The highest BCUT2D eigenvalue weighted by Gasteiger charge is 2.16. The average Bonchev–Trinajstić information content (AvgIpc) is 2.93. The van der Waals surface area contributed by atoms with Gasteiger partial charge in [-0.05, 0) is 30.4 Å². The molecule has 4 heteroatoms. The van der Waals surface area contributed by atoms with E-state index in [2.05, 4.69) is 0 Å². The van der Waals surface area contributed by atoms with Crippen molar-refractivity contribution >= 4 is 21.4 Å². The van der Waals surface area contributed by atoms with Crippen LogP contribution in [0.15, 0.2) is 28.5 Å². The topological polar surface area (TPSA) is 31.2 Å². The summed E-state index contributed by atoms with van der Waals surface area (Å²) in [6, 6.07) is 3.91. The number of rotatable bonds is 2. The number of pyridine rings is 1. The Balaban J connectivity index is 1.96. The molecule has 0 radical (unpaired) electrons. The maximum atomic E-state index is 12.1. The lowest BCUT2D eigenvalue weighted by atomic mass is 10.2. The number of ether oxygens (including phenoxy) is 1. The number of thiophene rings is 1. The van der Waals surface area contributed by atoms with E-state index in [0.29, 0.717) is 6.54 Å². The minimum Gasteiger partial charge on any atom is -0.376 e. The molecule has 1 saturated heterocycles. The molecule has 2 aromatic rings. The van der Waals surface area contributed by atoms with Gasteiger partial charge in [0.2, 0.25) is 0 Å². The molecule has 0 amide bonds. The van der Waals surface area contributed by atoms with E-state index in [1.54, 1.807) is 15.9 Å². The normalized spacial score (nSPS) is 20.6. The summed E-state index contributed by atoms with van der Waals surface area (Å²) in [7, 11) is 0. The largest absolute Gasteiger partial charge is 0.376 e. The van der Waals surface area contributed by atoms with Crippen LogP contribution in [0.3, 0.4) is 0 Å². The lowest BCUT2D eigenvalue weighted by Crippen LogP contribution is -2.25. The van der Waals surface area contributed by atoms with E-state index in [1.807, 2.05) is 23.7 Å². The first-order chi connectivity index (χ1) is 7.84. The first-order valence-electron chi connectivity index (χ1n) is 5.53. The molecule has 0 N–H and O–H groups in total. The highest BCUT2D eigenvalue weighted by molar-refractivity contribution is 7.17. The lowest BCUT2D eigenvalue weighted by Gasteiger charge is -2.11. The van der Waals surface area contributed by atoms with Gasteiger partial charge in [-0.25, -0.2) is 0 Å². The van der Waals surface area contributed by atoms with Gasteiger partial charge < -0.3 is 9.30 Å². The third-order valence-corrected chi connectivity index (χ3v) is 3.90. The van der Waals surface area contributed by atoms with Crippen molar-refractivity contribution in [1.29, 1.82) is 0 Å². The van der Waals surface area contributed by atoms with E-state index in [-0.39, 0.29) is 11.7 Å². The van der Waals surface area contributed by atoms with Crippen molar-refractivity contribution in [3.05, 3.63) is 34.1 Å². The Morgan fingerprint density at radius 1 is 1.50 bits per heavy atom. The van der Waals surface area contributed by atoms with Gasteiger partial charge >= 0.3 is 0 Å². The van der Waals surface area contributed by atoms with Crippen LogP contribution in [0.4, 0.5) is 0 Å². The molecule has 0 saturated carbocycles. The fraction of sp³-hybridized carbons (Fsp3) is 0.417. The second-order valence-corrected chi connectivity index (χ2v) is 5.05. The number of hydrogen-bond donors (Lipinski definition) is 0. The van der Waals surface area contributed by atoms with Gasteiger partial charge in [0.1, 0.15) is 0 Å². The summed E-state index contributed by atoms with van der Waals surface area (Å²) < 4.78 is 8.38. The lowest BCUT2D eigenvalue weighted by molar-refractivity contribution is 0.0963. The molecule has 0 bridgehead atoms. The molecule has 1 atom stereocenters. The van der Waals surface area contributed by atoms with Crippen LogP contribution in [0.1, 0.15) is 12.8 Å². The summed E-state index contributed by atoms with van der Waals surface area (Å²) >= 11 is 1.61. The summed E-state index contributed by atoms with van der Waals surface area (Å²) in [6.45, 7) is 1.52. The summed E-state index contributed by atoms with van der Waals surface area (Å²) in [5.41, 5.74) is 0.106. The van der Waals surface area contributed by atoms with Crippen LogP contribution in [-0.4, -0.2) is 17.3 Å². The van der Waals surface area contributed by atoms with Crippen LogP contribution in [0, 0.1) is 0 Å². The Kier molecular flexibility index (Phi) is 2.53. The molecule has 3 nitrogen and oxygen atoms in total. The summed E-state index contributed by atoms with van der Waals surface area (Å²) in [4.78, 5) is 12.1. The molecule has 84 valence electrons. The molecule has 1 aliphatic heterocycles. The van der Waals surface area contributed by atoms with Gasteiger partial charge in [-0.2, -0.15) is 0 Å². The van der Waals surface area contributed by atoms with Crippen molar-refractivity contribution < 1.29 is 4.74 Å². The molecule has 3 heterocycles. The molecular formula is C12H13NO2S. The number of fused-ring (bicyclic) bond motifs is 1. The summed E-state index contributed by atoms with van der Waals surface area (Å²) in [5, 5.41) is 2.79. The van der Waals surface area contributed by atoms with Crippen molar-refractivity contribution in [2.45, 2.75) is 25.5 Å². The van der Waals surface area contributed by atoms with Crippen LogP contribution in [0.2, 0.25) is 0 Å². The third-order valence-electron chi connectivity index (χ3n) is 3.02. The SMILES string of the molecule is O=c1c2ccsc2ccn1CC1CCCO1. The van der Waals surface area contributed by atoms with Crippen molar-refractivity contribution in [2.75, 3.05) is 6.61 Å². The number of hydrogen-bond acceptors (Lipinski definition) is 3. The van der Waals surface area contributed by atoms with Crippen molar-refractivity contribution in [3.63, 3.8) is 0 Å². The van der Waals surface area contributed by atoms with Gasteiger partial charge in [-0.15, -0.1) is 11.3 Å². The summed E-state index contributed by atoms with van der Waals surface area (Å²) in [6.07, 6.45) is 4.27. The van der Waals surface area contributed by atoms with E-state index in [1.165, 1.54) is 0 Å². The molecule has 1 aliphatic rings. The molecular weight excluding hydrogens is 222 g/mol. The molecule has 0 spiro atoms. The third kappa shape index (κ3) is 1.68. The average molecular weight is 235 g/mol. The van der Waals surface area contributed by atoms with Crippen molar-refractivity contribution in [2.24, 2.45) is 0 Å². The molecule has 1 unspecified atom stereocenters. The van der Waals surface area contributed by atoms with E-state index in [4.69, 9.17) is 4.74 Å². The minimum absolute atomic E-state index is 0.106. The highest BCUT2D eigenvalue weighted by Crippen LogP contribution is 2.18. The van der Waals surface area contributed by atoms with Crippen LogP contribution in [-0.2, 0) is 11.3 Å². The maximum absolute atomic E-state index is 12.1. The van der Waals surface area contributed by atoms with Gasteiger partial charge in [0, 0.05) is 17.5 Å². The van der Waals surface area contributed by atoms with Crippen LogP contribution >= 0.6 is 11.3 Å². The second kappa shape index (κ2) is 4.03. The van der Waals surface area contributed by atoms with Crippen molar-refractivity contribution in [1.82, 2.24) is 4.57 Å². The van der Waals surface area contributed by atoms with E-state index < -0.39 is 0 Å². The molecule has 3 rings (SSSR count). The smallest absolute Gasteiger partial charge is 0.259 e. The number of aromatic nitrogens is 1. The van der Waals surface area contributed by atoms with E-state index in [0.717, 1.165) is 29.5 Å². The Morgan fingerprint density at radius 3 is 3.25 bits per heavy atom.